The first-order valence-corrected chi connectivity index (χ1v) is 11.5. The number of hydrogen-bond acceptors (Lipinski definition) is 3. The van der Waals surface area contributed by atoms with E-state index in [4.69, 9.17) is 0 Å². The molecule has 28 heavy (non-hydrogen) atoms. The van der Waals surface area contributed by atoms with Crippen molar-refractivity contribution in [1.82, 2.24) is 5.32 Å². The quantitative estimate of drug-likeness (QED) is 0.351. The van der Waals surface area contributed by atoms with Gasteiger partial charge in [-0.1, -0.05) is 60.2 Å². The van der Waals surface area contributed by atoms with Crippen LogP contribution in [0, 0.1) is 6.92 Å². The Hall–Kier alpha value is -2.17. The standard InChI is InChI=1S/C24H25NOS2/c1-19-7-9-20(10-8-19)17-27-16-15-25-24(26)22-13-11-21(12-14-22)18-28-23-5-3-2-4-6-23/h2-14H,15-18H2,1H3,(H,25,26). The van der Waals surface area contributed by atoms with Gasteiger partial charge in [-0.25, -0.2) is 0 Å². The maximum absolute atomic E-state index is 12.3. The van der Waals surface area contributed by atoms with Gasteiger partial charge in [0.15, 0.2) is 0 Å². The predicted octanol–water partition coefficient (Wildman–Crippen LogP) is 5.95. The van der Waals surface area contributed by atoms with Crippen LogP contribution in [0.1, 0.15) is 27.0 Å². The van der Waals surface area contributed by atoms with Crippen molar-refractivity contribution >= 4 is 29.4 Å². The third-order valence-electron chi connectivity index (χ3n) is 4.29. The number of aryl methyl sites for hydroxylation is 1. The Morgan fingerprint density at radius 2 is 1.46 bits per heavy atom. The fourth-order valence-corrected chi connectivity index (χ4v) is 4.34. The lowest BCUT2D eigenvalue weighted by Crippen LogP contribution is -2.25. The van der Waals surface area contributed by atoms with E-state index in [0.717, 1.165) is 22.8 Å². The van der Waals surface area contributed by atoms with Crippen LogP contribution in [-0.2, 0) is 11.5 Å². The number of hydrogen-bond donors (Lipinski definition) is 1. The van der Waals surface area contributed by atoms with Gasteiger partial charge in [0.05, 0.1) is 0 Å². The minimum Gasteiger partial charge on any atom is -0.351 e. The number of rotatable bonds is 9. The number of amides is 1. The molecule has 0 aliphatic rings. The summed E-state index contributed by atoms with van der Waals surface area (Å²) in [5, 5.41) is 3.01. The first-order chi connectivity index (χ1) is 13.7. The Morgan fingerprint density at radius 3 is 2.18 bits per heavy atom. The number of nitrogens with one attached hydrogen (secondary N) is 1. The van der Waals surface area contributed by atoms with Gasteiger partial charge in [0.1, 0.15) is 0 Å². The third kappa shape index (κ3) is 6.77. The summed E-state index contributed by atoms with van der Waals surface area (Å²) in [6.07, 6.45) is 0. The van der Waals surface area contributed by atoms with Crippen molar-refractivity contribution in [1.29, 1.82) is 0 Å². The van der Waals surface area contributed by atoms with Crippen molar-refractivity contribution in [3.05, 3.63) is 101 Å². The van der Waals surface area contributed by atoms with Gasteiger partial charge in [-0.15, -0.1) is 11.8 Å². The highest BCUT2D eigenvalue weighted by Crippen LogP contribution is 2.22. The third-order valence-corrected chi connectivity index (χ3v) is 6.40. The average molecular weight is 408 g/mol. The second-order valence-electron chi connectivity index (χ2n) is 6.59. The molecule has 0 unspecified atom stereocenters. The zero-order chi connectivity index (χ0) is 19.6. The summed E-state index contributed by atoms with van der Waals surface area (Å²) >= 11 is 3.64. The summed E-state index contributed by atoms with van der Waals surface area (Å²) in [5.74, 6) is 2.79. The molecular weight excluding hydrogens is 382 g/mol. The molecule has 0 atom stereocenters. The number of benzene rings is 3. The van der Waals surface area contributed by atoms with E-state index in [1.807, 2.05) is 42.1 Å². The molecule has 0 aromatic heterocycles. The Bertz CT molecular complexity index is 861. The molecule has 0 spiro atoms. The van der Waals surface area contributed by atoms with Crippen LogP contribution in [0.3, 0.4) is 0 Å². The molecular formula is C24H25NOS2. The second kappa shape index (κ2) is 11.0. The molecule has 0 bridgehead atoms. The monoisotopic (exact) mass is 407 g/mol. The van der Waals surface area contributed by atoms with E-state index in [0.29, 0.717) is 6.54 Å². The molecule has 0 fully saturated rings. The first kappa shape index (κ1) is 20.6. The van der Waals surface area contributed by atoms with Crippen molar-refractivity contribution in [2.45, 2.75) is 23.3 Å². The van der Waals surface area contributed by atoms with Crippen LogP contribution in [0.4, 0.5) is 0 Å². The maximum atomic E-state index is 12.3. The molecule has 0 aliphatic carbocycles. The molecule has 0 radical (unpaired) electrons. The normalized spacial score (nSPS) is 10.6. The highest BCUT2D eigenvalue weighted by atomic mass is 32.2. The largest absolute Gasteiger partial charge is 0.351 e. The van der Waals surface area contributed by atoms with Crippen LogP contribution in [0.15, 0.2) is 83.8 Å². The Labute approximate surface area is 176 Å². The van der Waals surface area contributed by atoms with E-state index in [1.165, 1.54) is 21.6 Å². The minimum atomic E-state index is -0.00167. The Morgan fingerprint density at radius 1 is 0.821 bits per heavy atom. The second-order valence-corrected chi connectivity index (χ2v) is 8.75. The molecule has 144 valence electrons. The summed E-state index contributed by atoms with van der Waals surface area (Å²) in [6, 6.07) is 26.9. The zero-order valence-corrected chi connectivity index (χ0v) is 17.7. The van der Waals surface area contributed by atoms with Crippen molar-refractivity contribution in [2.75, 3.05) is 12.3 Å². The van der Waals surface area contributed by atoms with E-state index >= 15 is 0 Å². The lowest BCUT2D eigenvalue weighted by atomic mass is 10.1. The maximum Gasteiger partial charge on any atom is 0.251 e. The van der Waals surface area contributed by atoms with Gasteiger partial charge in [0, 0.05) is 34.3 Å². The van der Waals surface area contributed by atoms with Crippen molar-refractivity contribution in [2.24, 2.45) is 0 Å². The Kier molecular flexibility index (Phi) is 8.07. The van der Waals surface area contributed by atoms with Gasteiger partial charge in [-0.05, 0) is 42.3 Å². The van der Waals surface area contributed by atoms with Gasteiger partial charge in [-0.2, -0.15) is 11.8 Å². The van der Waals surface area contributed by atoms with Crippen molar-refractivity contribution in [3.8, 4) is 0 Å². The lowest BCUT2D eigenvalue weighted by Gasteiger charge is -2.07. The predicted molar refractivity (Wildman–Crippen MR) is 122 cm³/mol. The Balaban J connectivity index is 1.36. The smallest absolute Gasteiger partial charge is 0.251 e. The highest BCUT2D eigenvalue weighted by molar-refractivity contribution is 7.98. The van der Waals surface area contributed by atoms with E-state index in [9.17, 15) is 4.79 Å². The number of thioether (sulfide) groups is 2. The topological polar surface area (TPSA) is 29.1 Å². The summed E-state index contributed by atoms with van der Waals surface area (Å²) in [5.41, 5.74) is 4.55. The van der Waals surface area contributed by atoms with Gasteiger partial charge in [0.25, 0.3) is 5.91 Å². The van der Waals surface area contributed by atoms with Crippen LogP contribution >= 0.6 is 23.5 Å². The van der Waals surface area contributed by atoms with Crippen molar-refractivity contribution in [3.63, 3.8) is 0 Å². The fourth-order valence-electron chi connectivity index (χ4n) is 2.65. The van der Waals surface area contributed by atoms with Gasteiger partial charge in [0.2, 0.25) is 0 Å². The summed E-state index contributed by atoms with van der Waals surface area (Å²) in [4.78, 5) is 13.5. The lowest BCUT2D eigenvalue weighted by molar-refractivity contribution is 0.0956. The van der Waals surface area contributed by atoms with Crippen LogP contribution < -0.4 is 5.32 Å². The van der Waals surface area contributed by atoms with Crippen LogP contribution in [0.2, 0.25) is 0 Å². The zero-order valence-electron chi connectivity index (χ0n) is 16.1. The molecule has 0 aliphatic heterocycles. The van der Waals surface area contributed by atoms with Gasteiger partial charge < -0.3 is 5.32 Å². The molecule has 3 aromatic rings. The molecule has 0 heterocycles. The molecule has 4 heteroatoms. The summed E-state index contributed by atoms with van der Waals surface area (Å²) in [6.45, 7) is 2.78. The molecule has 2 nitrogen and oxygen atoms in total. The molecule has 3 aromatic carbocycles. The van der Waals surface area contributed by atoms with Crippen LogP contribution in [-0.4, -0.2) is 18.2 Å². The summed E-state index contributed by atoms with van der Waals surface area (Å²) in [7, 11) is 0. The molecule has 0 saturated carbocycles. The van der Waals surface area contributed by atoms with E-state index in [-0.39, 0.29) is 5.91 Å². The number of carbonyl (C=O) groups is 1. The molecule has 1 N–H and O–H groups in total. The van der Waals surface area contributed by atoms with Gasteiger partial charge in [-0.3, -0.25) is 4.79 Å². The van der Waals surface area contributed by atoms with E-state index in [2.05, 4.69) is 60.8 Å². The minimum absolute atomic E-state index is 0.00167. The van der Waals surface area contributed by atoms with Crippen molar-refractivity contribution < 1.29 is 4.79 Å². The van der Waals surface area contributed by atoms with Crippen LogP contribution in [0.5, 0.6) is 0 Å². The average Bonchev–Trinajstić information content (AvgIpc) is 2.74. The fraction of sp³-hybridized carbons (Fsp3) is 0.208. The van der Waals surface area contributed by atoms with Crippen LogP contribution in [0.25, 0.3) is 0 Å². The number of carbonyl (C=O) groups excluding carboxylic acids is 1. The van der Waals surface area contributed by atoms with E-state index < -0.39 is 0 Å². The first-order valence-electron chi connectivity index (χ1n) is 9.39. The SMILES string of the molecule is Cc1ccc(CSCCNC(=O)c2ccc(CSc3ccccc3)cc2)cc1. The molecule has 0 saturated heterocycles. The van der Waals surface area contributed by atoms with E-state index in [1.54, 1.807) is 11.8 Å². The molecule has 3 rings (SSSR count). The highest BCUT2D eigenvalue weighted by Gasteiger charge is 2.05. The molecule has 1 amide bonds. The summed E-state index contributed by atoms with van der Waals surface area (Å²) < 4.78 is 0. The van der Waals surface area contributed by atoms with Gasteiger partial charge >= 0.3 is 0 Å².